The van der Waals surface area contributed by atoms with Crippen LogP contribution in [0.25, 0.3) is 0 Å². The molecule has 1 atom stereocenters. The van der Waals surface area contributed by atoms with Gasteiger partial charge in [-0.05, 0) is 24.5 Å². The third kappa shape index (κ3) is 3.44. The second-order valence-electron chi connectivity index (χ2n) is 5.52. The summed E-state index contributed by atoms with van der Waals surface area (Å²) in [6.07, 6.45) is 3.92. The van der Waals surface area contributed by atoms with Crippen LogP contribution in [-0.2, 0) is 6.54 Å². The summed E-state index contributed by atoms with van der Waals surface area (Å²) in [6, 6.07) is 5.63. The number of thiophene rings is 1. The fourth-order valence-electron chi connectivity index (χ4n) is 2.69. The van der Waals surface area contributed by atoms with Gasteiger partial charge in [0.05, 0.1) is 17.1 Å². The van der Waals surface area contributed by atoms with E-state index in [0.717, 1.165) is 41.0 Å². The van der Waals surface area contributed by atoms with E-state index in [0.29, 0.717) is 12.5 Å². The van der Waals surface area contributed by atoms with E-state index in [1.54, 1.807) is 10.9 Å². The van der Waals surface area contributed by atoms with Gasteiger partial charge in [0, 0.05) is 24.0 Å². The fraction of sp³-hybridized carbons (Fsp3) is 0.467. The van der Waals surface area contributed by atoms with Crippen molar-refractivity contribution in [3.63, 3.8) is 0 Å². The van der Waals surface area contributed by atoms with Gasteiger partial charge >= 0.3 is 6.03 Å². The molecule has 1 fully saturated rings. The molecule has 0 saturated carbocycles. The molecule has 2 amide bonds. The molecule has 22 heavy (non-hydrogen) atoms. The summed E-state index contributed by atoms with van der Waals surface area (Å²) in [6.45, 7) is 4.46. The van der Waals surface area contributed by atoms with Crippen LogP contribution in [0.3, 0.4) is 0 Å². The van der Waals surface area contributed by atoms with Crippen molar-refractivity contribution in [2.75, 3.05) is 18.4 Å². The molecule has 3 rings (SSSR count). The van der Waals surface area contributed by atoms with E-state index in [-0.39, 0.29) is 6.03 Å². The second-order valence-corrected chi connectivity index (χ2v) is 7.32. The highest BCUT2D eigenvalue weighted by Gasteiger charge is 2.25. The first kappa shape index (κ1) is 15.4. The van der Waals surface area contributed by atoms with Gasteiger partial charge in [-0.3, -0.25) is 5.32 Å². The van der Waals surface area contributed by atoms with Gasteiger partial charge < -0.3 is 4.90 Å². The van der Waals surface area contributed by atoms with Crippen molar-refractivity contribution in [2.45, 2.75) is 26.3 Å². The largest absolute Gasteiger partial charge is 0.324 e. The third-order valence-electron chi connectivity index (χ3n) is 4.04. The van der Waals surface area contributed by atoms with Crippen LogP contribution < -0.4 is 5.32 Å². The molecule has 0 radical (unpaired) electrons. The lowest BCUT2D eigenvalue weighted by molar-refractivity contribution is 0.220. The Labute approximate surface area is 138 Å². The normalized spacial score (nSPS) is 17.9. The Hall–Kier alpha value is -1.53. The number of carbonyl (C=O) groups excluding carboxylic acids is 1. The summed E-state index contributed by atoms with van der Waals surface area (Å²) >= 11 is 7.47. The summed E-state index contributed by atoms with van der Waals surface area (Å²) in [4.78, 5) is 15.3. The van der Waals surface area contributed by atoms with Gasteiger partial charge in [0.1, 0.15) is 5.82 Å². The topological polar surface area (TPSA) is 50.2 Å². The van der Waals surface area contributed by atoms with Gasteiger partial charge in [-0.25, -0.2) is 9.48 Å². The van der Waals surface area contributed by atoms with Gasteiger partial charge in [0.2, 0.25) is 0 Å². The average Bonchev–Trinajstić information content (AvgIpc) is 3.21. The molecule has 1 unspecified atom stereocenters. The maximum atomic E-state index is 12.3. The van der Waals surface area contributed by atoms with Crippen LogP contribution in [0.15, 0.2) is 24.4 Å². The van der Waals surface area contributed by atoms with E-state index in [9.17, 15) is 4.79 Å². The molecule has 0 aromatic carbocycles. The Morgan fingerprint density at radius 1 is 1.50 bits per heavy atom. The highest BCUT2D eigenvalue weighted by Crippen LogP contribution is 2.24. The van der Waals surface area contributed by atoms with Crippen molar-refractivity contribution >= 4 is 34.8 Å². The Morgan fingerprint density at radius 3 is 3.05 bits per heavy atom. The number of likely N-dealkylation sites (tertiary alicyclic amines) is 1. The molecule has 1 saturated heterocycles. The van der Waals surface area contributed by atoms with Gasteiger partial charge in [-0.1, -0.05) is 24.9 Å². The summed E-state index contributed by atoms with van der Waals surface area (Å²) < 4.78 is 2.54. The Balaban J connectivity index is 1.63. The number of hydrogen-bond acceptors (Lipinski definition) is 3. The average molecular weight is 339 g/mol. The van der Waals surface area contributed by atoms with Gasteiger partial charge in [0.15, 0.2) is 0 Å². The van der Waals surface area contributed by atoms with Gasteiger partial charge in [-0.2, -0.15) is 5.10 Å². The van der Waals surface area contributed by atoms with Crippen LogP contribution in [-0.4, -0.2) is 33.8 Å². The van der Waals surface area contributed by atoms with Crippen molar-refractivity contribution < 1.29 is 4.79 Å². The molecule has 0 spiro atoms. The number of hydrogen-bond donors (Lipinski definition) is 1. The zero-order valence-corrected chi connectivity index (χ0v) is 14.0. The monoisotopic (exact) mass is 338 g/mol. The lowest BCUT2D eigenvalue weighted by atomic mass is 10.1. The highest BCUT2D eigenvalue weighted by molar-refractivity contribution is 7.16. The molecule has 0 aliphatic carbocycles. The highest BCUT2D eigenvalue weighted by atomic mass is 35.5. The van der Waals surface area contributed by atoms with Crippen molar-refractivity contribution in [1.29, 1.82) is 0 Å². The van der Waals surface area contributed by atoms with Crippen molar-refractivity contribution in [2.24, 2.45) is 5.92 Å². The second kappa shape index (κ2) is 6.71. The first-order valence-corrected chi connectivity index (χ1v) is 8.67. The summed E-state index contributed by atoms with van der Waals surface area (Å²) in [7, 11) is 0. The van der Waals surface area contributed by atoms with Crippen LogP contribution in [0, 0.1) is 5.92 Å². The zero-order valence-electron chi connectivity index (χ0n) is 12.5. The molecule has 7 heteroatoms. The molecular formula is C15H19ClN4OS. The van der Waals surface area contributed by atoms with Crippen LogP contribution in [0.1, 0.15) is 24.6 Å². The summed E-state index contributed by atoms with van der Waals surface area (Å²) in [5.41, 5.74) is 0. The molecule has 0 bridgehead atoms. The summed E-state index contributed by atoms with van der Waals surface area (Å²) in [5.74, 6) is 1.35. The van der Waals surface area contributed by atoms with Crippen molar-refractivity contribution in [3.8, 4) is 0 Å². The first-order valence-electron chi connectivity index (χ1n) is 7.47. The van der Waals surface area contributed by atoms with E-state index in [2.05, 4.69) is 17.3 Å². The number of urea groups is 1. The lowest BCUT2D eigenvalue weighted by Gasteiger charge is -2.17. The fourth-order valence-corrected chi connectivity index (χ4v) is 3.76. The molecule has 3 heterocycles. The minimum atomic E-state index is -0.0399. The van der Waals surface area contributed by atoms with Crippen LogP contribution in [0.2, 0.25) is 4.34 Å². The van der Waals surface area contributed by atoms with Crippen LogP contribution >= 0.6 is 22.9 Å². The quantitative estimate of drug-likeness (QED) is 0.918. The number of amides is 2. The summed E-state index contributed by atoms with van der Waals surface area (Å²) in [5, 5.41) is 7.24. The Morgan fingerprint density at radius 2 is 2.36 bits per heavy atom. The van der Waals surface area contributed by atoms with Gasteiger partial charge in [0.25, 0.3) is 0 Å². The number of halogens is 1. The minimum Gasteiger partial charge on any atom is -0.324 e. The molecule has 118 valence electrons. The number of carbonyl (C=O) groups is 1. The minimum absolute atomic E-state index is 0.0399. The number of nitrogens with zero attached hydrogens (tertiary/aromatic N) is 3. The van der Waals surface area contributed by atoms with E-state index >= 15 is 0 Å². The van der Waals surface area contributed by atoms with E-state index in [1.807, 2.05) is 23.1 Å². The van der Waals surface area contributed by atoms with Crippen LogP contribution in [0.4, 0.5) is 10.6 Å². The standard InChI is InChI=1S/C15H19ClN4OS/c1-2-11-6-8-19(9-11)15(21)18-14-5-7-17-20(14)10-12-3-4-13(16)22-12/h3-5,7,11H,2,6,8-10H2,1H3,(H,18,21). The molecule has 1 aliphatic rings. The molecule has 1 aliphatic heterocycles. The van der Waals surface area contributed by atoms with Crippen molar-refractivity contribution in [1.82, 2.24) is 14.7 Å². The predicted molar refractivity (Wildman–Crippen MR) is 89.6 cm³/mol. The van der Waals surface area contributed by atoms with E-state index in [1.165, 1.54) is 11.3 Å². The van der Waals surface area contributed by atoms with Gasteiger partial charge in [-0.15, -0.1) is 11.3 Å². The zero-order chi connectivity index (χ0) is 15.5. The molecular weight excluding hydrogens is 320 g/mol. The molecule has 5 nitrogen and oxygen atoms in total. The first-order chi connectivity index (χ1) is 10.7. The number of rotatable bonds is 4. The SMILES string of the molecule is CCC1CCN(C(=O)Nc2ccnn2Cc2ccc(Cl)s2)C1. The Bertz CT molecular complexity index is 654. The molecule has 2 aromatic heterocycles. The number of anilines is 1. The van der Waals surface area contributed by atoms with E-state index < -0.39 is 0 Å². The molecule has 2 aromatic rings. The number of aromatic nitrogens is 2. The smallest absolute Gasteiger partial charge is 0.323 e. The van der Waals surface area contributed by atoms with Crippen molar-refractivity contribution in [3.05, 3.63) is 33.6 Å². The maximum absolute atomic E-state index is 12.3. The van der Waals surface area contributed by atoms with E-state index in [4.69, 9.17) is 11.6 Å². The Kier molecular flexibility index (Phi) is 4.69. The molecule has 1 N–H and O–H groups in total. The van der Waals surface area contributed by atoms with Crippen LogP contribution in [0.5, 0.6) is 0 Å². The lowest BCUT2D eigenvalue weighted by Crippen LogP contribution is -2.33. The third-order valence-corrected chi connectivity index (χ3v) is 5.25. The maximum Gasteiger partial charge on any atom is 0.323 e. The number of nitrogens with one attached hydrogen (secondary N) is 1. The predicted octanol–water partition coefficient (Wildman–Crippen LogP) is 3.91.